The van der Waals surface area contributed by atoms with Crippen LogP contribution in [0.3, 0.4) is 0 Å². The number of hydrogen-bond acceptors (Lipinski definition) is 8. The monoisotopic (exact) mass is 692 g/mol. The van der Waals surface area contributed by atoms with Crippen molar-refractivity contribution in [1.29, 1.82) is 0 Å². The fraction of sp³-hybridized carbons (Fsp3) is 0.467. The summed E-state index contributed by atoms with van der Waals surface area (Å²) in [6.07, 6.45) is 2.54. The Balaban J connectivity index is 2.07. The van der Waals surface area contributed by atoms with Crippen LogP contribution in [-0.2, 0) is 22.4 Å². The molecule has 0 atom stereocenters. The zero-order valence-corrected chi connectivity index (χ0v) is 27.2. The number of carbonyl (C=O) groups is 4. The quantitative estimate of drug-likeness (QED) is 0.0715. The Hall–Kier alpha value is -2.92. The van der Waals surface area contributed by atoms with Gasteiger partial charge in [0, 0.05) is 49.5 Å². The molecule has 0 saturated heterocycles. The number of aryl methyl sites for hydroxylation is 2. The second kappa shape index (κ2) is 21.7. The van der Waals surface area contributed by atoms with Gasteiger partial charge in [0.2, 0.25) is 0 Å². The van der Waals surface area contributed by atoms with Gasteiger partial charge in [0.25, 0.3) is 0 Å². The van der Waals surface area contributed by atoms with Gasteiger partial charge >= 0.3 is 24.1 Å². The van der Waals surface area contributed by atoms with Crippen LogP contribution in [-0.4, -0.2) is 60.7 Å². The number of halogens is 4. The number of alkyl halides is 4. The van der Waals surface area contributed by atoms with Crippen LogP contribution in [0.4, 0.5) is 9.59 Å². The number of unbranched alkanes of at least 4 members (excludes halogenated alkanes) is 1. The molecule has 0 spiro atoms. The minimum absolute atomic E-state index is 0.103. The zero-order valence-electron chi connectivity index (χ0n) is 24.1. The van der Waals surface area contributed by atoms with Crippen LogP contribution in [0.2, 0.25) is 0 Å². The number of carbonyl (C=O) groups excluding carboxylic acids is 4. The summed E-state index contributed by atoms with van der Waals surface area (Å²) in [7, 11) is 0. The normalized spacial score (nSPS) is 10.5. The van der Waals surface area contributed by atoms with E-state index in [9.17, 15) is 19.2 Å². The third-order valence-corrected chi connectivity index (χ3v) is 6.72. The van der Waals surface area contributed by atoms with Crippen LogP contribution in [0.15, 0.2) is 36.4 Å². The highest BCUT2D eigenvalue weighted by Gasteiger charge is 2.16. The Labute approximate surface area is 276 Å². The summed E-state index contributed by atoms with van der Waals surface area (Å²) in [5.41, 5.74) is 1.74. The third-order valence-electron chi connectivity index (χ3n) is 5.81. The summed E-state index contributed by atoms with van der Waals surface area (Å²) in [6.45, 7) is 0.439. The summed E-state index contributed by atoms with van der Waals surface area (Å²) < 4.78 is 21.6. The lowest BCUT2D eigenvalue weighted by atomic mass is 10.0. The maximum Gasteiger partial charge on any atom is 0.412 e. The standard InChI is InChI=1S/C30H36Cl4N2O8/c31-13-3-7-27(37)41-23-11-9-22(20-26(23)44-30(40)36-18-16-34)6-2-1-5-21-10-12-24(43-29(39)35-17-15-33)25(19-21)42-28(38)8-4-14-32/h9-12,19-20H,1-8,13-18H2,(H,35,39)(H,36,40). The van der Waals surface area contributed by atoms with E-state index < -0.39 is 24.1 Å². The molecule has 0 aliphatic rings. The molecular weight excluding hydrogens is 658 g/mol. The molecule has 2 amide bonds. The van der Waals surface area contributed by atoms with Crippen LogP contribution in [0.1, 0.15) is 49.7 Å². The lowest BCUT2D eigenvalue weighted by Gasteiger charge is -2.13. The number of esters is 2. The maximum absolute atomic E-state index is 12.3. The van der Waals surface area contributed by atoms with Gasteiger partial charge in [-0.2, -0.15) is 0 Å². The molecule has 0 aliphatic heterocycles. The molecule has 0 unspecified atom stereocenters. The molecule has 10 nitrogen and oxygen atoms in total. The van der Waals surface area contributed by atoms with E-state index in [1.54, 1.807) is 36.4 Å². The Morgan fingerprint density at radius 1 is 0.523 bits per heavy atom. The Morgan fingerprint density at radius 2 is 0.932 bits per heavy atom. The lowest BCUT2D eigenvalue weighted by Crippen LogP contribution is -2.28. The average Bonchev–Trinajstić information content (AvgIpc) is 3.01. The summed E-state index contributed by atoms with van der Waals surface area (Å²) >= 11 is 22.6. The van der Waals surface area contributed by atoms with Gasteiger partial charge in [-0.1, -0.05) is 12.1 Å². The minimum atomic E-state index is -0.719. The Morgan fingerprint density at radius 3 is 1.39 bits per heavy atom. The molecule has 0 fully saturated rings. The summed E-state index contributed by atoms with van der Waals surface area (Å²) in [4.78, 5) is 48.6. The highest BCUT2D eigenvalue weighted by molar-refractivity contribution is 6.18. The topological polar surface area (TPSA) is 129 Å². The van der Waals surface area contributed by atoms with Crippen LogP contribution in [0.5, 0.6) is 23.0 Å². The van der Waals surface area contributed by atoms with Gasteiger partial charge in [-0.25, -0.2) is 9.59 Å². The first-order chi connectivity index (χ1) is 21.3. The first-order valence-electron chi connectivity index (χ1n) is 14.1. The molecule has 2 N–H and O–H groups in total. The van der Waals surface area contributed by atoms with Gasteiger partial charge in [-0.3, -0.25) is 9.59 Å². The van der Waals surface area contributed by atoms with Crippen LogP contribution >= 0.6 is 46.4 Å². The van der Waals surface area contributed by atoms with Crippen molar-refractivity contribution in [2.75, 3.05) is 36.6 Å². The Kier molecular flexibility index (Phi) is 18.4. The second-order valence-corrected chi connectivity index (χ2v) is 10.8. The van der Waals surface area contributed by atoms with Gasteiger partial charge in [0.05, 0.1) is 0 Å². The first kappa shape index (κ1) is 37.3. The van der Waals surface area contributed by atoms with Crippen molar-refractivity contribution < 1.29 is 38.1 Å². The summed E-state index contributed by atoms with van der Waals surface area (Å²) in [6, 6.07) is 10.1. The van der Waals surface area contributed by atoms with Gasteiger partial charge in [-0.05, 0) is 73.9 Å². The van der Waals surface area contributed by atoms with E-state index in [4.69, 9.17) is 65.4 Å². The van der Waals surface area contributed by atoms with E-state index in [-0.39, 0.29) is 60.7 Å². The number of benzene rings is 2. The molecule has 2 rings (SSSR count). The molecule has 0 bridgehead atoms. The molecule has 2 aromatic rings. The highest BCUT2D eigenvalue weighted by atomic mass is 35.5. The van der Waals surface area contributed by atoms with Crippen molar-refractivity contribution in [1.82, 2.24) is 10.6 Å². The molecular formula is C30H36Cl4N2O8. The van der Waals surface area contributed by atoms with Crippen molar-refractivity contribution in [2.24, 2.45) is 0 Å². The number of nitrogens with one attached hydrogen (secondary N) is 2. The molecule has 0 heterocycles. The number of amides is 2. The van der Waals surface area contributed by atoms with Crippen molar-refractivity contribution in [3.8, 4) is 23.0 Å². The lowest BCUT2D eigenvalue weighted by molar-refractivity contribution is -0.135. The molecule has 44 heavy (non-hydrogen) atoms. The Bertz CT molecular complexity index is 1140. The van der Waals surface area contributed by atoms with Crippen molar-refractivity contribution in [3.63, 3.8) is 0 Å². The molecule has 0 saturated carbocycles. The maximum atomic E-state index is 12.3. The van der Waals surface area contributed by atoms with E-state index >= 15 is 0 Å². The first-order valence-corrected chi connectivity index (χ1v) is 16.3. The van der Waals surface area contributed by atoms with Crippen LogP contribution in [0.25, 0.3) is 0 Å². The largest absolute Gasteiger partial charge is 0.423 e. The predicted octanol–water partition coefficient (Wildman–Crippen LogP) is 6.76. The number of rotatable bonds is 19. The average molecular weight is 694 g/mol. The van der Waals surface area contributed by atoms with Gasteiger partial charge < -0.3 is 29.6 Å². The second-order valence-electron chi connectivity index (χ2n) is 9.31. The number of ether oxygens (including phenoxy) is 4. The predicted molar refractivity (Wildman–Crippen MR) is 170 cm³/mol. The molecule has 14 heteroatoms. The van der Waals surface area contributed by atoms with E-state index in [1.807, 2.05) is 0 Å². The van der Waals surface area contributed by atoms with Crippen LogP contribution < -0.4 is 29.6 Å². The van der Waals surface area contributed by atoms with E-state index in [2.05, 4.69) is 10.6 Å². The fourth-order valence-corrected chi connectivity index (χ4v) is 4.20. The smallest absolute Gasteiger partial charge is 0.412 e. The SMILES string of the molecule is O=C(CCCCl)Oc1cc(CCCCc2ccc(OC(=O)CCCCl)c(OC(=O)NCCCl)c2)ccc1OC(=O)NCCCl. The van der Waals surface area contributed by atoms with E-state index in [1.165, 1.54) is 0 Å². The highest BCUT2D eigenvalue weighted by Crippen LogP contribution is 2.31. The zero-order chi connectivity index (χ0) is 32.2. The van der Waals surface area contributed by atoms with E-state index in [0.29, 0.717) is 37.4 Å². The van der Waals surface area contributed by atoms with E-state index in [0.717, 1.165) is 24.0 Å². The third kappa shape index (κ3) is 14.7. The molecule has 0 aliphatic carbocycles. The van der Waals surface area contributed by atoms with Gasteiger partial charge in [0.15, 0.2) is 23.0 Å². The van der Waals surface area contributed by atoms with Gasteiger partial charge in [0.1, 0.15) is 0 Å². The molecule has 0 aromatic heterocycles. The minimum Gasteiger partial charge on any atom is -0.423 e. The molecule has 0 radical (unpaired) electrons. The van der Waals surface area contributed by atoms with Crippen molar-refractivity contribution >= 4 is 70.5 Å². The number of hydrogen-bond donors (Lipinski definition) is 2. The summed E-state index contributed by atoms with van der Waals surface area (Å²) in [5, 5.41) is 5.01. The molecule has 2 aromatic carbocycles. The van der Waals surface area contributed by atoms with Crippen molar-refractivity contribution in [2.45, 2.75) is 51.4 Å². The molecule has 242 valence electrons. The van der Waals surface area contributed by atoms with Gasteiger partial charge in [-0.15, -0.1) is 46.4 Å². The summed E-state index contributed by atoms with van der Waals surface area (Å²) in [5.74, 6) is 0.574. The fourth-order valence-electron chi connectivity index (χ4n) is 3.74. The van der Waals surface area contributed by atoms with Crippen LogP contribution in [0, 0.1) is 0 Å². The van der Waals surface area contributed by atoms with Crippen molar-refractivity contribution in [3.05, 3.63) is 47.5 Å².